The van der Waals surface area contributed by atoms with Gasteiger partial charge in [-0.05, 0) is 19.8 Å². The predicted molar refractivity (Wildman–Crippen MR) is 60.4 cm³/mol. The fourth-order valence-corrected chi connectivity index (χ4v) is 2.93. The van der Waals surface area contributed by atoms with Crippen LogP contribution in [0, 0.1) is 0 Å². The molecule has 4 nitrogen and oxygen atoms in total. The molecule has 0 saturated heterocycles. The SMILES string of the molecule is CC1=NC(CNC2CCCC2)=CS1(=O)=O. The molecule has 0 aromatic carbocycles. The average molecular weight is 228 g/mol. The van der Waals surface area contributed by atoms with Crippen LogP contribution in [0.15, 0.2) is 16.1 Å². The largest absolute Gasteiger partial charge is 0.308 e. The Balaban J connectivity index is 1.91. The Morgan fingerprint density at radius 2 is 2.13 bits per heavy atom. The van der Waals surface area contributed by atoms with Crippen molar-refractivity contribution in [3.05, 3.63) is 11.1 Å². The highest BCUT2D eigenvalue weighted by Gasteiger charge is 2.21. The number of rotatable bonds is 3. The molecule has 0 amide bonds. The molecule has 0 spiro atoms. The van der Waals surface area contributed by atoms with Crippen molar-refractivity contribution in [3.63, 3.8) is 0 Å². The maximum absolute atomic E-state index is 11.3. The van der Waals surface area contributed by atoms with Crippen molar-refractivity contribution in [2.24, 2.45) is 4.99 Å². The summed E-state index contributed by atoms with van der Waals surface area (Å²) >= 11 is 0. The van der Waals surface area contributed by atoms with Crippen LogP contribution in [0.5, 0.6) is 0 Å². The highest BCUT2D eigenvalue weighted by molar-refractivity contribution is 8.09. The molecule has 0 atom stereocenters. The number of hydrogen-bond acceptors (Lipinski definition) is 4. The van der Waals surface area contributed by atoms with E-state index in [0.29, 0.717) is 18.3 Å². The van der Waals surface area contributed by atoms with Gasteiger partial charge in [0.25, 0.3) is 0 Å². The van der Waals surface area contributed by atoms with Gasteiger partial charge in [-0.1, -0.05) is 12.8 Å². The Morgan fingerprint density at radius 3 is 2.67 bits per heavy atom. The number of nitrogens with zero attached hydrogens (tertiary/aromatic N) is 1. The maximum atomic E-state index is 11.3. The van der Waals surface area contributed by atoms with Crippen molar-refractivity contribution in [1.82, 2.24) is 5.32 Å². The van der Waals surface area contributed by atoms with E-state index in [9.17, 15) is 8.42 Å². The van der Waals surface area contributed by atoms with Crippen LogP contribution < -0.4 is 5.32 Å². The summed E-state index contributed by atoms with van der Waals surface area (Å²) in [6.45, 7) is 2.11. The van der Waals surface area contributed by atoms with Crippen molar-refractivity contribution in [2.75, 3.05) is 6.54 Å². The smallest absolute Gasteiger partial charge is 0.214 e. The van der Waals surface area contributed by atoms with Crippen LogP contribution in [0.4, 0.5) is 0 Å². The van der Waals surface area contributed by atoms with E-state index in [1.165, 1.54) is 38.0 Å². The van der Waals surface area contributed by atoms with Crippen molar-refractivity contribution in [2.45, 2.75) is 38.6 Å². The van der Waals surface area contributed by atoms with E-state index in [1.54, 1.807) is 0 Å². The quantitative estimate of drug-likeness (QED) is 0.789. The third-order valence-electron chi connectivity index (χ3n) is 2.93. The van der Waals surface area contributed by atoms with E-state index in [1.807, 2.05) is 0 Å². The van der Waals surface area contributed by atoms with Crippen LogP contribution in [0.1, 0.15) is 32.6 Å². The first-order valence-electron chi connectivity index (χ1n) is 5.32. The first-order chi connectivity index (χ1) is 7.08. The molecule has 1 heterocycles. The van der Waals surface area contributed by atoms with Gasteiger partial charge in [-0.15, -0.1) is 0 Å². The van der Waals surface area contributed by atoms with Gasteiger partial charge in [0.2, 0.25) is 9.84 Å². The minimum Gasteiger partial charge on any atom is -0.308 e. The summed E-state index contributed by atoms with van der Waals surface area (Å²) in [5.41, 5.74) is 0.638. The highest BCUT2D eigenvalue weighted by atomic mass is 32.2. The van der Waals surface area contributed by atoms with E-state index in [2.05, 4.69) is 10.3 Å². The molecule has 1 aliphatic carbocycles. The average Bonchev–Trinajstić information content (AvgIpc) is 2.72. The zero-order valence-electron chi connectivity index (χ0n) is 8.86. The fraction of sp³-hybridized carbons (Fsp3) is 0.700. The van der Waals surface area contributed by atoms with Gasteiger partial charge in [-0.2, -0.15) is 0 Å². The van der Waals surface area contributed by atoms with Gasteiger partial charge in [-0.3, -0.25) is 0 Å². The van der Waals surface area contributed by atoms with Crippen LogP contribution in [-0.4, -0.2) is 26.0 Å². The van der Waals surface area contributed by atoms with Gasteiger partial charge in [0.05, 0.1) is 11.1 Å². The Morgan fingerprint density at radius 1 is 1.47 bits per heavy atom. The molecule has 0 bridgehead atoms. The normalized spacial score (nSPS) is 25.4. The highest BCUT2D eigenvalue weighted by Crippen LogP contribution is 2.19. The number of aliphatic imine (C=N–C) groups is 1. The van der Waals surface area contributed by atoms with Crippen molar-refractivity contribution in [1.29, 1.82) is 0 Å². The topological polar surface area (TPSA) is 58.5 Å². The minimum atomic E-state index is -3.17. The second-order valence-corrected chi connectivity index (χ2v) is 6.06. The molecule has 0 unspecified atom stereocenters. The summed E-state index contributed by atoms with van der Waals surface area (Å²) in [6.07, 6.45) is 4.94. The number of nitrogens with one attached hydrogen (secondary N) is 1. The molecule has 1 N–H and O–H groups in total. The molecule has 15 heavy (non-hydrogen) atoms. The molecule has 2 rings (SSSR count). The zero-order valence-corrected chi connectivity index (χ0v) is 9.68. The van der Waals surface area contributed by atoms with Gasteiger partial charge < -0.3 is 5.32 Å². The van der Waals surface area contributed by atoms with Gasteiger partial charge in [0.1, 0.15) is 5.04 Å². The van der Waals surface area contributed by atoms with Crippen LogP contribution in [0.25, 0.3) is 0 Å². The molecule has 0 aromatic rings. The molecular formula is C10H16N2O2S. The second kappa shape index (κ2) is 4.06. The second-order valence-electron chi connectivity index (χ2n) is 4.15. The van der Waals surface area contributed by atoms with Gasteiger partial charge in [0.15, 0.2) is 0 Å². The van der Waals surface area contributed by atoms with E-state index in [0.717, 1.165) is 0 Å². The van der Waals surface area contributed by atoms with Crippen molar-refractivity contribution >= 4 is 14.9 Å². The lowest BCUT2D eigenvalue weighted by Gasteiger charge is -2.10. The standard InChI is InChI=1S/C10H16N2O2S/c1-8-12-10(7-15(8,13)14)6-11-9-4-2-3-5-9/h7,9,11H,2-6H2,1H3. The molecule has 1 fully saturated rings. The summed E-state index contributed by atoms with van der Waals surface area (Å²) in [5, 5.41) is 4.82. The summed E-state index contributed by atoms with van der Waals surface area (Å²) < 4.78 is 22.7. The Kier molecular flexibility index (Phi) is 2.93. The first kappa shape index (κ1) is 10.8. The van der Waals surface area contributed by atoms with E-state index in [4.69, 9.17) is 0 Å². The molecule has 0 radical (unpaired) electrons. The lowest BCUT2D eigenvalue weighted by Crippen LogP contribution is -2.27. The lowest BCUT2D eigenvalue weighted by molar-refractivity contribution is 0.548. The van der Waals surface area contributed by atoms with Gasteiger partial charge >= 0.3 is 0 Å². The fourth-order valence-electron chi connectivity index (χ4n) is 2.02. The Bertz CT molecular complexity index is 403. The molecule has 84 valence electrons. The van der Waals surface area contributed by atoms with Gasteiger partial charge in [-0.25, -0.2) is 13.4 Å². The molecule has 0 aromatic heterocycles. The molecule has 1 aliphatic heterocycles. The lowest BCUT2D eigenvalue weighted by atomic mass is 10.2. The minimum absolute atomic E-state index is 0.214. The molecule has 5 heteroatoms. The summed E-state index contributed by atoms with van der Waals surface area (Å²) in [7, 11) is -3.17. The summed E-state index contributed by atoms with van der Waals surface area (Å²) in [4.78, 5) is 4.03. The molecule has 1 saturated carbocycles. The third kappa shape index (κ3) is 2.46. The number of sulfone groups is 1. The van der Waals surface area contributed by atoms with Crippen LogP contribution in [0.3, 0.4) is 0 Å². The van der Waals surface area contributed by atoms with Crippen molar-refractivity contribution in [3.8, 4) is 0 Å². The first-order valence-corrected chi connectivity index (χ1v) is 6.87. The van der Waals surface area contributed by atoms with Crippen LogP contribution in [-0.2, 0) is 9.84 Å². The Hall–Kier alpha value is -0.680. The predicted octanol–water partition coefficient (Wildman–Crippen LogP) is 1.21. The molecular weight excluding hydrogens is 212 g/mol. The Labute approximate surface area is 90.4 Å². The monoisotopic (exact) mass is 228 g/mol. The van der Waals surface area contributed by atoms with Crippen molar-refractivity contribution < 1.29 is 8.42 Å². The van der Waals surface area contributed by atoms with E-state index >= 15 is 0 Å². The van der Waals surface area contributed by atoms with E-state index < -0.39 is 9.84 Å². The zero-order chi connectivity index (χ0) is 10.9. The summed E-state index contributed by atoms with van der Waals surface area (Å²) in [6, 6.07) is 0.546. The third-order valence-corrected chi connectivity index (χ3v) is 4.43. The van der Waals surface area contributed by atoms with Crippen LogP contribution in [0.2, 0.25) is 0 Å². The van der Waals surface area contributed by atoms with Crippen LogP contribution >= 0.6 is 0 Å². The van der Waals surface area contributed by atoms with E-state index in [-0.39, 0.29) is 5.04 Å². The summed E-state index contributed by atoms with van der Waals surface area (Å²) in [5.74, 6) is 0. The molecule has 2 aliphatic rings. The number of hydrogen-bond donors (Lipinski definition) is 1. The van der Waals surface area contributed by atoms with Gasteiger partial charge in [0, 0.05) is 12.6 Å². The maximum Gasteiger partial charge on any atom is 0.214 e.